The number of piperidine rings is 1. The maximum absolute atomic E-state index is 12.6. The minimum atomic E-state index is 0. The highest BCUT2D eigenvalue weighted by molar-refractivity contribution is 6.42. The number of carbonyl (C=O) groups excluding carboxylic acids is 1. The van der Waals surface area contributed by atoms with Crippen molar-refractivity contribution in [3.8, 4) is 0 Å². The van der Waals surface area contributed by atoms with Crippen molar-refractivity contribution in [3.05, 3.63) is 33.8 Å². The molecule has 1 amide bonds. The van der Waals surface area contributed by atoms with Crippen LogP contribution in [0.1, 0.15) is 30.7 Å². The summed E-state index contributed by atoms with van der Waals surface area (Å²) >= 11 is 12.3. The second-order valence-electron chi connectivity index (χ2n) is 6.42. The van der Waals surface area contributed by atoms with Crippen molar-refractivity contribution in [2.24, 2.45) is 11.8 Å². The van der Waals surface area contributed by atoms with Crippen LogP contribution < -0.4 is 5.32 Å². The highest BCUT2D eigenvalue weighted by atomic mass is 35.5. The molecular weight excluding hydrogens is 355 g/mol. The molecule has 1 heterocycles. The summed E-state index contributed by atoms with van der Waals surface area (Å²) in [6.07, 6.45) is 3.10. The van der Waals surface area contributed by atoms with E-state index in [1.54, 1.807) is 6.07 Å². The van der Waals surface area contributed by atoms with Crippen LogP contribution in [0.4, 0.5) is 0 Å². The van der Waals surface area contributed by atoms with Gasteiger partial charge in [-0.2, -0.15) is 0 Å². The van der Waals surface area contributed by atoms with Crippen LogP contribution in [0.15, 0.2) is 18.2 Å². The number of halogens is 3. The fraction of sp³-hybridized carbons (Fsp3) is 0.588. The molecule has 1 N–H and O–H groups in total. The van der Waals surface area contributed by atoms with Gasteiger partial charge in [0.15, 0.2) is 0 Å². The van der Waals surface area contributed by atoms with Crippen LogP contribution in [0.2, 0.25) is 10.0 Å². The molecule has 0 spiro atoms. The highest BCUT2D eigenvalue weighted by Gasteiger charge is 2.47. The second kappa shape index (κ2) is 8.06. The van der Waals surface area contributed by atoms with Gasteiger partial charge in [0, 0.05) is 19.0 Å². The van der Waals surface area contributed by atoms with Gasteiger partial charge in [0.05, 0.1) is 10.0 Å². The number of nitrogens with one attached hydrogen (secondary N) is 1. The zero-order valence-electron chi connectivity index (χ0n) is 13.2. The van der Waals surface area contributed by atoms with Crippen LogP contribution in [0.25, 0.3) is 0 Å². The topological polar surface area (TPSA) is 32.3 Å². The van der Waals surface area contributed by atoms with Crippen LogP contribution >= 0.6 is 35.6 Å². The molecule has 6 heteroatoms. The molecule has 1 saturated carbocycles. The van der Waals surface area contributed by atoms with E-state index < -0.39 is 0 Å². The molecule has 2 unspecified atom stereocenters. The van der Waals surface area contributed by atoms with Crippen molar-refractivity contribution in [1.82, 2.24) is 10.2 Å². The number of amides is 1. The normalized spacial score (nSPS) is 24.2. The third-order valence-electron chi connectivity index (χ3n) is 4.91. The first-order valence-electron chi connectivity index (χ1n) is 7.99. The summed E-state index contributed by atoms with van der Waals surface area (Å²) in [5.74, 6) is 1.33. The molecule has 0 aromatic heterocycles. The predicted molar refractivity (Wildman–Crippen MR) is 97.8 cm³/mol. The molecule has 1 aliphatic carbocycles. The molecule has 128 valence electrons. The number of carbonyl (C=O) groups is 1. The number of rotatable bonds is 4. The SMILES string of the molecule is CNCC1CCN(C(=O)C2CC2c2cccc(Cl)c2Cl)CC1.Cl. The molecule has 0 radical (unpaired) electrons. The minimum absolute atomic E-state index is 0. The van der Waals surface area contributed by atoms with Crippen molar-refractivity contribution >= 4 is 41.5 Å². The van der Waals surface area contributed by atoms with Crippen LogP contribution in [-0.4, -0.2) is 37.5 Å². The monoisotopic (exact) mass is 376 g/mol. The lowest BCUT2D eigenvalue weighted by Gasteiger charge is -2.32. The molecular formula is C17H23Cl3N2O. The summed E-state index contributed by atoms with van der Waals surface area (Å²) in [7, 11) is 1.99. The maximum atomic E-state index is 12.6. The first kappa shape index (κ1) is 18.9. The molecule has 0 bridgehead atoms. The smallest absolute Gasteiger partial charge is 0.226 e. The molecule has 2 aliphatic rings. The van der Waals surface area contributed by atoms with Crippen LogP contribution in [0, 0.1) is 11.8 Å². The Balaban J connectivity index is 0.00000192. The van der Waals surface area contributed by atoms with Gasteiger partial charge in [0.25, 0.3) is 0 Å². The molecule has 2 atom stereocenters. The van der Waals surface area contributed by atoms with Crippen LogP contribution in [0.3, 0.4) is 0 Å². The summed E-state index contributed by atoms with van der Waals surface area (Å²) in [5, 5.41) is 4.41. The van der Waals surface area contributed by atoms with Crippen molar-refractivity contribution in [2.45, 2.75) is 25.2 Å². The molecule has 23 heavy (non-hydrogen) atoms. The van der Waals surface area contributed by atoms with Crippen molar-refractivity contribution < 1.29 is 4.79 Å². The van der Waals surface area contributed by atoms with Crippen molar-refractivity contribution in [3.63, 3.8) is 0 Å². The molecule has 2 fully saturated rings. The Bertz CT molecular complexity index is 559. The van der Waals surface area contributed by atoms with Crippen LogP contribution in [0.5, 0.6) is 0 Å². The highest BCUT2D eigenvalue weighted by Crippen LogP contribution is 2.51. The Morgan fingerprint density at radius 3 is 2.65 bits per heavy atom. The van der Waals surface area contributed by atoms with Gasteiger partial charge in [0.1, 0.15) is 0 Å². The summed E-state index contributed by atoms with van der Waals surface area (Å²) in [6, 6.07) is 5.69. The summed E-state index contributed by atoms with van der Waals surface area (Å²) < 4.78 is 0. The summed E-state index contributed by atoms with van der Waals surface area (Å²) in [5.41, 5.74) is 1.03. The summed E-state index contributed by atoms with van der Waals surface area (Å²) in [6.45, 7) is 2.82. The van der Waals surface area contributed by atoms with Gasteiger partial charge < -0.3 is 10.2 Å². The lowest BCUT2D eigenvalue weighted by atomic mass is 9.96. The van der Waals surface area contributed by atoms with Gasteiger partial charge in [-0.3, -0.25) is 4.79 Å². The lowest BCUT2D eigenvalue weighted by Crippen LogP contribution is -2.41. The van der Waals surface area contributed by atoms with E-state index in [0.29, 0.717) is 21.9 Å². The first-order chi connectivity index (χ1) is 10.6. The molecule has 3 rings (SSSR count). The standard InChI is InChI=1S/C17H22Cl2N2O.ClH/c1-20-10-11-5-7-21(8-6-11)17(22)14-9-13(14)12-3-2-4-15(18)16(12)19;/h2-4,11,13-14,20H,5-10H2,1H3;1H. The number of likely N-dealkylation sites (tertiary alicyclic amines) is 1. The van der Waals surface area contributed by atoms with Gasteiger partial charge in [0.2, 0.25) is 5.91 Å². The quantitative estimate of drug-likeness (QED) is 0.861. The fourth-order valence-corrected chi connectivity index (χ4v) is 3.95. The number of hydrogen-bond acceptors (Lipinski definition) is 2. The van der Waals surface area contributed by atoms with Gasteiger partial charge in [-0.15, -0.1) is 12.4 Å². The van der Waals surface area contributed by atoms with E-state index in [0.717, 1.165) is 44.5 Å². The van der Waals surface area contributed by atoms with E-state index in [2.05, 4.69) is 5.32 Å². The van der Waals surface area contributed by atoms with E-state index in [-0.39, 0.29) is 24.2 Å². The first-order valence-corrected chi connectivity index (χ1v) is 8.74. The van der Waals surface area contributed by atoms with E-state index in [1.807, 2.05) is 24.1 Å². The zero-order valence-corrected chi connectivity index (χ0v) is 15.6. The third-order valence-corrected chi connectivity index (χ3v) is 5.74. The van der Waals surface area contributed by atoms with E-state index in [4.69, 9.17) is 23.2 Å². The van der Waals surface area contributed by atoms with E-state index in [1.165, 1.54) is 0 Å². The van der Waals surface area contributed by atoms with E-state index >= 15 is 0 Å². The van der Waals surface area contributed by atoms with Crippen molar-refractivity contribution in [2.75, 3.05) is 26.7 Å². The van der Waals surface area contributed by atoms with Crippen molar-refractivity contribution in [1.29, 1.82) is 0 Å². The second-order valence-corrected chi connectivity index (χ2v) is 7.20. The Morgan fingerprint density at radius 1 is 1.30 bits per heavy atom. The molecule has 1 aliphatic heterocycles. The third kappa shape index (κ3) is 4.14. The minimum Gasteiger partial charge on any atom is -0.342 e. The molecule has 1 aromatic rings. The van der Waals surface area contributed by atoms with Crippen LogP contribution in [-0.2, 0) is 4.79 Å². The zero-order chi connectivity index (χ0) is 15.7. The molecule has 1 saturated heterocycles. The fourth-order valence-electron chi connectivity index (χ4n) is 3.50. The largest absolute Gasteiger partial charge is 0.342 e. The average Bonchev–Trinajstić information content (AvgIpc) is 3.31. The maximum Gasteiger partial charge on any atom is 0.226 e. The van der Waals surface area contributed by atoms with E-state index in [9.17, 15) is 4.79 Å². The Kier molecular flexibility index (Phi) is 6.61. The van der Waals surface area contributed by atoms with Gasteiger partial charge in [-0.1, -0.05) is 35.3 Å². The Hall–Kier alpha value is -0.480. The van der Waals surface area contributed by atoms with Gasteiger partial charge in [-0.05, 0) is 56.3 Å². The number of benzene rings is 1. The average molecular weight is 378 g/mol. The summed E-state index contributed by atoms with van der Waals surface area (Å²) in [4.78, 5) is 14.7. The molecule has 3 nitrogen and oxygen atoms in total. The Labute approximate surface area is 154 Å². The number of nitrogens with zero attached hydrogens (tertiary/aromatic N) is 1. The number of hydrogen-bond donors (Lipinski definition) is 1. The predicted octanol–water partition coefficient (Wildman–Crippen LogP) is 3.98. The molecule has 1 aromatic carbocycles. The Morgan fingerprint density at radius 2 is 2.00 bits per heavy atom. The lowest BCUT2D eigenvalue weighted by molar-refractivity contribution is -0.134. The van der Waals surface area contributed by atoms with Gasteiger partial charge >= 0.3 is 0 Å². The van der Waals surface area contributed by atoms with Gasteiger partial charge in [-0.25, -0.2) is 0 Å².